The van der Waals surface area contributed by atoms with Crippen molar-refractivity contribution >= 4 is 23.5 Å². The van der Waals surface area contributed by atoms with Gasteiger partial charge in [-0.25, -0.2) is 4.79 Å². The molecule has 0 aliphatic carbocycles. The van der Waals surface area contributed by atoms with E-state index in [-0.39, 0.29) is 0 Å². The van der Waals surface area contributed by atoms with Crippen LogP contribution in [0.1, 0.15) is 5.56 Å². The van der Waals surface area contributed by atoms with Crippen LogP contribution < -0.4 is 0 Å². The molecule has 4 heteroatoms. The van der Waals surface area contributed by atoms with E-state index in [1.807, 2.05) is 30.3 Å². The van der Waals surface area contributed by atoms with Gasteiger partial charge in [-0.1, -0.05) is 30.3 Å². The van der Waals surface area contributed by atoms with Gasteiger partial charge in [-0.05, 0) is 0 Å². The first-order chi connectivity index (χ1) is 7.29. The summed E-state index contributed by atoms with van der Waals surface area (Å²) in [5.74, 6) is 0.260. The summed E-state index contributed by atoms with van der Waals surface area (Å²) in [6.07, 6.45) is 0. The summed E-state index contributed by atoms with van der Waals surface area (Å²) in [5.41, 5.74) is 0.821. The lowest BCUT2D eigenvalue weighted by molar-refractivity contribution is -0.131. The molecule has 0 saturated carbocycles. The molecule has 0 saturated heterocycles. The number of carboxylic acids is 1. The van der Waals surface area contributed by atoms with Crippen molar-refractivity contribution in [1.82, 2.24) is 0 Å². The van der Waals surface area contributed by atoms with Crippen molar-refractivity contribution in [1.29, 1.82) is 0 Å². The number of aliphatic carboxylic acids is 1. The molecule has 0 bridgehead atoms. The number of ether oxygens (including phenoxy) is 1. The number of hydrogen-bond donors (Lipinski definition) is 1. The van der Waals surface area contributed by atoms with E-state index in [1.165, 1.54) is 11.8 Å². The third-order valence-corrected chi connectivity index (χ3v) is 3.03. The molecule has 1 aliphatic rings. The van der Waals surface area contributed by atoms with Crippen LogP contribution in [0, 0.1) is 0 Å². The second kappa shape index (κ2) is 4.40. The van der Waals surface area contributed by atoms with Crippen LogP contribution >= 0.6 is 11.8 Å². The first-order valence-corrected chi connectivity index (χ1v) is 5.56. The molecule has 0 radical (unpaired) electrons. The molecule has 0 fully saturated rings. The summed E-state index contributed by atoms with van der Waals surface area (Å²) in [7, 11) is 0. The zero-order valence-corrected chi connectivity index (χ0v) is 8.79. The quantitative estimate of drug-likeness (QED) is 0.833. The number of rotatable bonds is 2. The smallest absolute Gasteiger partial charge is 0.346 e. The van der Waals surface area contributed by atoms with Crippen LogP contribution in [0.5, 0.6) is 0 Å². The van der Waals surface area contributed by atoms with Crippen LogP contribution in [0.2, 0.25) is 0 Å². The summed E-state index contributed by atoms with van der Waals surface area (Å²) in [4.78, 5) is 11.3. The second-order valence-corrected chi connectivity index (χ2v) is 4.13. The standard InChI is InChI=1S/C11H10O3S/c12-11(13)10-9(14-6-7-15-10)8-4-2-1-3-5-8/h1-5H,6-7H2,(H,12,13). The van der Waals surface area contributed by atoms with Crippen molar-refractivity contribution in [2.45, 2.75) is 0 Å². The Morgan fingerprint density at radius 2 is 2.07 bits per heavy atom. The van der Waals surface area contributed by atoms with Crippen LogP contribution in [0.15, 0.2) is 35.2 Å². The molecule has 1 N–H and O–H groups in total. The van der Waals surface area contributed by atoms with Crippen molar-refractivity contribution in [3.05, 3.63) is 40.8 Å². The van der Waals surface area contributed by atoms with Gasteiger partial charge in [0.1, 0.15) is 10.7 Å². The molecule has 0 spiro atoms. The van der Waals surface area contributed by atoms with Gasteiger partial charge in [0, 0.05) is 11.3 Å². The Kier molecular flexibility index (Phi) is 2.97. The zero-order valence-electron chi connectivity index (χ0n) is 7.97. The molecule has 0 amide bonds. The van der Waals surface area contributed by atoms with E-state index in [1.54, 1.807) is 0 Å². The Morgan fingerprint density at radius 3 is 2.73 bits per heavy atom. The van der Waals surface area contributed by atoms with Crippen LogP contribution in [-0.4, -0.2) is 23.4 Å². The van der Waals surface area contributed by atoms with Crippen molar-refractivity contribution in [2.24, 2.45) is 0 Å². The van der Waals surface area contributed by atoms with Crippen molar-refractivity contribution in [3.8, 4) is 0 Å². The molecule has 15 heavy (non-hydrogen) atoms. The topological polar surface area (TPSA) is 46.5 Å². The van der Waals surface area contributed by atoms with E-state index in [9.17, 15) is 4.79 Å². The average Bonchev–Trinajstić information content (AvgIpc) is 2.30. The fraction of sp³-hybridized carbons (Fsp3) is 0.182. The molecular formula is C11H10O3S. The maximum absolute atomic E-state index is 11.0. The highest BCUT2D eigenvalue weighted by molar-refractivity contribution is 8.04. The average molecular weight is 222 g/mol. The summed E-state index contributed by atoms with van der Waals surface area (Å²) >= 11 is 1.33. The van der Waals surface area contributed by atoms with E-state index in [4.69, 9.17) is 9.84 Å². The van der Waals surface area contributed by atoms with Crippen LogP contribution in [0.25, 0.3) is 5.76 Å². The number of hydrogen-bond acceptors (Lipinski definition) is 3. The highest BCUT2D eigenvalue weighted by Crippen LogP contribution is 2.31. The van der Waals surface area contributed by atoms with Gasteiger partial charge >= 0.3 is 5.97 Å². The normalized spacial score (nSPS) is 16.0. The Bertz CT molecular complexity index is 398. The highest BCUT2D eigenvalue weighted by atomic mass is 32.2. The minimum atomic E-state index is -0.918. The molecule has 0 atom stereocenters. The van der Waals surface area contributed by atoms with Crippen molar-refractivity contribution in [2.75, 3.05) is 12.4 Å². The fourth-order valence-corrected chi connectivity index (χ4v) is 2.18. The lowest BCUT2D eigenvalue weighted by Gasteiger charge is -2.18. The van der Waals surface area contributed by atoms with E-state index < -0.39 is 5.97 Å². The minimum absolute atomic E-state index is 0.299. The summed E-state index contributed by atoms with van der Waals surface area (Å²) < 4.78 is 5.42. The minimum Gasteiger partial charge on any atom is -0.491 e. The fourth-order valence-electron chi connectivity index (χ4n) is 1.38. The van der Waals surface area contributed by atoms with Gasteiger partial charge in [-0.3, -0.25) is 0 Å². The Hall–Kier alpha value is -1.42. The first-order valence-electron chi connectivity index (χ1n) is 4.57. The Balaban J connectivity index is 2.44. The number of thioether (sulfide) groups is 1. The van der Waals surface area contributed by atoms with E-state index >= 15 is 0 Å². The summed E-state index contributed by atoms with van der Waals surface area (Å²) in [6, 6.07) is 9.32. The molecular weight excluding hydrogens is 212 g/mol. The third-order valence-electron chi connectivity index (χ3n) is 2.01. The highest BCUT2D eigenvalue weighted by Gasteiger charge is 2.21. The van der Waals surface area contributed by atoms with Gasteiger partial charge in [0.05, 0.1) is 6.61 Å². The van der Waals surface area contributed by atoms with E-state index in [0.29, 0.717) is 23.0 Å². The lowest BCUT2D eigenvalue weighted by Crippen LogP contribution is -2.11. The molecule has 1 heterocycles. The molecule has 1 aromatic rings. The molecule has 2 rings (SSSR count). The number of carbonyl (C=O) groups is 1. The van der Waals surface area contributed by atoms with Gasteiger partial charge in [0.15, 0.2) is 0 Å². The Labute approximate surface area is 91.8 Å². The third kappa shape index (κ3) is 2.15. The number of carboxylic acid groups (broad SMARTS) is 1. The summed E-state index contributed by atoms with van der Waals surface area (Å²) in [5, 5.41) is 9.01. The molecule has 3 nitrogen and oxygen atoms in total. The molecule has 78 valence electrons. The number of benzene rings is 1. The van der Waals surface area contributed by atoms with Gasteiger partial charge in [0.2, 0.25) is 0 Å². The van der Waals surface area contributed by atoms with Gasteiger partial charge < -0.3 is 9.84 Å². The maximum atomic E-state index is 11.0. The maximum Gasteiger partial charge on any atom is 0.346 e. The molecule has 1 aliphatic heterocycles. The molecule has 0 aromatic heterocycles. The Morgan fingerprint density at radius 1 is 1.33 bits per heavy atom. The van der Waals surface area contributed by atoms with Gasteiger partial charge in [-0.15, -0.1) is 11.8 Å². The largest absolute Gasteiger partial charge is 0.491 e. The van der Waals surface area contributed by atoms with Crippen LogP contribution in [0.4, 0.5) is 0 Å². The van der Waals surface area contributed by atoms with Crippen molar-refractivity contribution in [3.63, 3.8) is 0 Å². The molecule has 0 unspecified atom stereocenters. The SMILES string of the molecule is O=C(O)C1=C(c2ccccc2)OCCS1. The monoisotopic (exact) mass is 222 g/mol. The van der Waals surface area contributed by atoms with E-state index in [0.717, 1.165) is 5.56 Å². The first kappa shape index (κ1) is 10.1. The predicted molar refractivity (Wildman–Crippen MR) is 59.4 cm³/mol. The predicted octanol–water partition coefficient (Wildman–Crippen LogP) is 2.20. The lowest BCUT2D eigenvalue weighted by atomic mass is 10.2. The van der Waals surface area contributed by atoms with E-state index in [2.05, 4.69) is 0 Å². The van der Waals surface area contributed by atoms with Crippen LogP contribution in [-0.2, 0) is 9.53 Å². The molecule has 1 aromatic carbocycles. The van der Waals surface area contributed by atoms with Crippen molar-refractivity contribution < 1.29 is 14.6 Å². The van der Waals surface area contributed by atoms with Crippen LogP contribution in [0.3, 0.4) is 0 Å². The van der Waals surface area contributed by atoms with Gasteiger partial charge in [0.25, 0.3) is 0 Å². The van der Waals surface area contributed by atoms with Gasteiger partial charge in [-0.2, -0.15) is 0 Å². The zero-order chi connectivity index (χ0) is 10.7. The second-order valence-electron chi connectivity index (χ2n) is 3.03. The summed E-state index contributed by atoms with van der Waals surface area (Å²) in [6.45, 7) is 0.561.